The van der Waals surface area contributed by atoms with Gasteiger partial charge < -0.3 is 9.64 Å². The van der Waals surface area contributed by atoms with Crippen molar-refractivity contribution >= 4 is 28.8 Å². The minimum atomic E-state index is -0.0391. The lowest BCUT2D eigenvalue weighted by atomic mass is 10.3. The summed E-state index contributed by atoms with van der Waals surface area (Å²) in [6, 6.07) is 3.48. The number of thiophene rings is 1. The second-order valence-electron chi connectivity index (χ2n) is 4.35. The number of ether oxygens (including phenoxy) is 1. The first-order valence-corrected chi connectivity index (χ1v) is 7.30. The molecule has 0 bridgehead atoms. The van der Waals surface area contributed by atoms with Gasteiger partial charge >= 0.3 is 0 Å². The first kappa shape index (κ1) is 15.0. The fourth-order valence-corrected chi connectivity index (χ4v) is 2.82. The highest BCUT2D eigenvalue weighted by atomic mass is 35.5. The average molecular weight is 314 g/mol. The van der Waals surface area contributed by atoms with E-state index in [9.17, 15) is 4.79 Å². The number of halogens is 1. The zero-order chi connectivity index (χ0) is 14.5. The monoisotopic (exact) mass is 313 g/mol. The molecule has 0 saturated carbocycles. The van der Waals surface area contributed by atoms with Crippen LogP contribution in [-0.4, -0.2) is 40.8 Å². The van der Waals surface area contributed by atoms with Crippen molar-refractivity contribution in [3.8, 4) is 0 Å². The third-order valence-corrected chi connectivity index (χ3v) is 3.99. The molecule has 5 nitrogen and oxygen atoms in total. The van der Waals surface area contributed by atoms with E-state index in [1.54, 1.807) is 35.0 Å². The summed E-state index contributed by atoms with van der Waals surface area (Å²) < 4.78 is 7.40. The van der Waals surface area contributed by atoms with Crippen LogP contribution in [0.15, 0.2) is 24.5 Å². The first-order chi connectivity index (χ1) is 9.60. The predicted octanol–water partition coefficient (Wildman–Crippen LogP) is 2.42. The number of methoxy groups -OCH3 is 1. The maximum absolute atomic E-state index is 12.5. The normalized spacial score (nSPS) is 10.8. The highest BCUT2D eigenvalue weighted by Gasteiger charge is 2.18. The molecule has 0 N–H and O–H groups in total. The molecule has 0 spiro atoms. The van der Waals surface area contributed by atoms with E-state index in [0.29, 0.717) is 28.9 Å². The van der Waals surface area contributed by atoms with Gasteiger partial charge in [-0.15, -0.1) is 11.3 Å². The molecule has 2 rings (SSSR count). The minimum Gasteiger partial charge on any atom is -0.383 e. The van der Waals surface area contributed by atoms with Crippen LogP contribution in [0.5, 0.6) is 0 Å². The van der Waals surface area contributed by atoms with Crippen LogP contribution in [0.2, 0.25) is 4.34 Å². The number of amides is 1. The van der Waals surface area contributed by atoms with Gasteiger partial charge in [-0.25, -0.2) is 0 Å². The third-order valence-electron chi connectivity index (χ3n) is 2.77. The van der Waals surface area contributed by atoms with Gasteiger partial charge in [0, 0.05) is 39.0 Å². The fraction of sp³-hybridized carbons (Fsp3) is 0.385. The van der Waals surface area contributed by atoms with E-state index < -0.39 is 0 Å². The van der Waals surface area contributed by atoms with Crippen LogP contribution in [-0.2, 0) is 18.3 Å². The molecule has 2 aromatic rings. The molecule has 20 heavy (non-hydrogen) atoms. The van der Waals surface area contributed by atoms with Gasteiger partial charge in [0.1, 0.15) is 0 Å². The number of aromatic nitrogens is 2. The van der Waals surface area contributed by atoms with Crippen molar-refractivity contribution < 1.29 is 9.53 Å². The summed E-state index contributed by atoms with van der Waals surface area (Å²) >= 11 is 7.17. The summed E-state index contributed by atoms with van der Waals surface area (Å²) in [4.78, 5) is 14.8. The molecule has 0 fully saturated rings. The van der Waals surface area contributed by atoms with Crippen LogP contribution in [0.1, 0.15) is 15.2 Å². The lowest BCUT2D eigenvalue weighted by Crippen LogP contribution is -2.32. The lowest BCUT2D eigenvalue weighted by Gasteiger charge is -2.21. The Balaban J connectivity index is 2.12. The molecule has 0 aliphatic rings. The second-order valence-corrected chi connectivity index (χ2v) is 6.06. The van der Waals surface area contributed by atoms with Crippen molar-refractivity contribution in [2.45, 2.75) is 6.54 Å². The molecule has 1 amide bonds. The Hall–Kier alpha value is -1.37. The summed E-state index contributed by atoms with van der Waals surface area (Å²) in [5.41, 5.74) is 0.986. The number of hydrogen-bond donors (Lipinski definition) is 0. The van der Waals surface area contributed by atoms with Crippen molar-refractivity contribution in [2.75, 3.05) is 20.3 Å². The van der Waals surface area contributed by atoms with Gasteiger partial charge in [0.2, 0.25) is 0 Å². The molecular weight excluding hydrogens is 298 g/mol. The Morgan fingerprint density at radius 1 is 1.55 bits per heavy atom. The van der Waals surface area contributed by atoms with Gasteiger partial charge in [-0.05, 0) is 12.1 Å². The highest BCUT2D eigenvalue weighted by molar-refractivity contribution is 7.17. The summed E-state index contributed by atoms with van der Waals surface area (Å²) in [7, 11) is 3.47. The van der Waals surface area contributed by atoms with Crippen molar-refractivity contribution in [3.63, 3.8) is 0 Å². The van der Waals surface area contributed by atoms with E-state index in [0.717, 1.165) is 5.56 Å². The highest BCUT2D eigenvalue weighted by Crippen LogP contribution is 2.23. The van der Waals surface area contributed by atoms with Crippen LogP contribution in [0, 0.1) is 0 Å². The molecule has 0 unspecified atom stereocenters. The SMILES string of the molecule is COCCN(Cc1cnn(C)c1)C(=O)c1ccc(Cl)s1. The molecule has 7 heteroatoms. The zero-order valence-electron chi connectivity index (χ0n) is 11.4. The van der Waals surface area contributed by atoms with Crippen molar-refractivity contribution in [3.05, 3.63) is 39.3 Å². The van der Waals surface area contributed by atoms with Gasteiger partial charge in [0.05, 0.1) is 22.0 Å². The number of rotatable bonds is 6. The van der Waals surface area contributed by atoms with Crippen LogP contribution < -0.4 is 0 Å². The van der Waals surface area contributed by atoms with E-state index in [1.807, 2.05) is 13.2 Å². The maximum atomic E-state index is 12.5. The predicted molar refractivity (Wildman–Crippen MR) is 79.2 cm³/mol. The molecule has 2 heterocycles. The van der Waals surface area contributed by atoms with E-state index >= 15 is 0 Å². The Kier molecular flexibility index (Phi) is 5.17. The van der Waals surface area contributed by atoms with E-state index in [1.165, 1.54) is 11.3 Å². The Morgan fingerprint density at radius 3 is 2.90 bits per heavy atom. The first-order valence-electron chi connectivity index (χ1n) is 6.11. The maximum Gasteiger partial charge on any atom is 0.264 e. The standard InChI is InChI=1S/C13H16ClN3O2S/c1-16-8-10(7-15-16)9-17(5-6-19-2)13(18)11-3-4-12(14)20-11/h3-4,7-8H,5-6,9H2,1-2H3. The van der Waals surface area contributed by atoms with Gasteiger partial charge in [-0.3, -0.25) is 9.48 Å². The number of nitrogens with zero attached hydrogens (tertiary/aromatic N) is 3. The quantitative estimate of drug-likeness (QED) is 0.823. The lowest BCUT2D eigenvalue weighted by molar-refractivity contribution is 0.0685. The largest absolute Gasteiger partial charge is 0.383 e. The summed E-state index contributed by atoms with van der Waals surface area (Å²) in [6.07, 6.45) is 3.66. The van der Waals surface area contributed by atoms with Crippen molar-refractivity contribution in [1.29, 1.82) is 0 Å². The van der Waals surface area contributed by atoms with Crippen LogP contribution in [0.3, 0.4) is 0 Å². The zero-order valence-corrected chi connectivity index (χ0v) is 12.9. The summed E-state index contributed by atoms with van der Waals surface area (Å²) in [6.45, 7) is 1.52. The number of hydrogen-bond acceptors (Lipinski definition) is 4. The molecule has 0 radical (unpaired) electrons. The van der Waals surface area contributed by atoms with E-state index in [2.05, 4.69) is 5.10 Å². The molecule has 0 aliphatic carbocycles. The molecule has 0 aliphatic heterocycles. The van der Waals surface area contributed by atoms with Crippen LogP contribution >= 0.6 is 22.9 Å². The van der Waals surface area contributed by atoms with Gasteiger partial charge in [0.25, 0.3) is 5.91 Å². The summed E-state index contributed by atoms with van der Waals surface area (Å²) in [5, 5.41) is 4.12. The average Bonchev–Trinajstić information content (AvgIpc) is 3.02. The van der Waals surface area contributed by atoms with Crippen molar-refractivity contribution in [1.82, 2.24) is 14.7 Å². The van der Waals surface area contributed by atoms with Crippen molar-refractivity contribution in [2.24, 2.45) is 7.05 Å². The molecule has 0 atom stereocenters. The smallest absolute Gasteiger partial charge is 0.264 e. The van der Waals surface area contributed by atoms with Crippen LogP contribution in [0.25, 0.3) is 0 Å². The topological polar surface area (TPSA) is 47.4 Å². The van der Waals surface area contributed by atoms with Gasteiger partial charge in [-0.1, -0.05) is 11.6 Å². The molecule has 0 saturated heterocycles. The van der Waals surface area contributed by atoms with Crippen LogP contribution in [0.4, 0.5) is 0 Å². The number of aryl methyl sites for hydroxylation is 1. The fourth-order valence-electron chi connectivity index (χ4n) is 1.81. The number of carbonyl (C=O) groups is 1. The second kappa shape index (κ2) is 6.88. The summed E-state index contributed by atoms with van der Waals surface area (Å²) in [5.74, 6) is -0.0391. The Labute approximate surface area is 126 Å². The van der Waals surface area contributed by atoms with Gasteiger partial charge in [-0.2, -0.15) is 5.10 Å². The Bertz CT molecular complexity index is 582. The van der Waals surface area contributed by atoms with E-state index in [4.69, 9.17) is 16.3 Å². The molecular formula is C13H16ClN3O2S. The Morgan fingerprint density at radius 2 is 2.35 bits per heavy atom. The molecule has 2 aromatic heterocycles. The van der Waals surface area contributed by atoms with E-state index in [-0.39, 0.29) is 5.91 Å². The molecule has 108 valence electrons. The van der Waals surface area contributed by atoms with Gasteiger partial charge in [0.15, 0.2) is 0 Å². The number of carbonyl (C=O) groups excluding carboxylic acids is 1. The molecule has 0 aromatic carbocycles. The minimum absolute atomic E-state index is 0.0391. The third kappa shape index (κ3) is 3.82.